The molecular weight excluding hydrogens is 170 g/mol. The maximum Gasteiger partial charge on any atom is 0.330 e. The standard InChI is InChI=1S/C9H9NO3/c1-13-9(11)3-2-8-4-6-10(12)7-5-8/h2-7H,1H3/b3-2+. The van der Waals surface area contributed by atoms with E-state index in [0.29, 0.717) is 4.73 Å². The monoisotopic (exact) mass is 179 g/mol. The molecule has 0 saturated heterocycles. The summed E-state index contributed by atoms with van der Waals surface area (Å²) in [6, 6.07) is 3.21. The van der Waals surface area contributed by atoms with Crippen LogP contribution in [0, 0.1) is 5.21 Å². The number of esters is 1. The first-order valence-electron chi connectivity index (χ1n) is 3.67. The van der Waals surface area contributed by atoms with Gasteiger partial charge in [0, 0.05) is 18.2 Å². The molecule has 0 aliphatic rings. The average molecular weight is 179 g/mol. The van der Waals surface area contributed by atoms with E-state index < -0.39 is 5.97 Å². The molecule has 0 bridgehead atoms. The van der Waals surface area contributed by atoms with Crippen LogP contribution in [0.3, 0.4) is 0 Å². The Hall–Kier alpha value is -1.84. The summed E-state index contributed by atoms with van der Waals surface area (Å²) in [5, 5.41) is 10.6. The zero-order valence-corrected chi connectivity index (χ0v) is 7.14. The lowest BCUT2D eigenvalue weighted by Crippen LogP contribution is -2.23. The zero-order chi connectivity index (χ0) is 9.68. The van der Waals surface area contributed by atoms with Crippen LogP contribution in [-0.4, -0.2) is 13.1 Å². The molecule has 13 heavy (non-hydrogen) atoms. The van der Waals surface area contributed by atoms with Gasteiger partial charge in [-0.25, -0.2) is 4.79 Å². The molecule has 0 saturated carbocycles. The van der Waals surface area contributed by atoms with E-state index in [2.05, 4.69) is 4.74 Å². The van der Waals surface area contributed by atoms with Crippen molar-refractivity contribution in [2.45, 2.75) is 0 Å². The number of methoxy groups -OCH3 is 1. The Morgan fingerprint density at radius 2 is 2.15 bits per heavy atom. The summed E-state index contributed by atoms with van der Waals surface area (Å²) >= 11 is 0. The largest absolute Gasteiger partial charge is 0.619 e. The second-order valence-corrected chi connectivity index (χ2v) is 2.35. The highest BCUT2D eigenvalue weighted by atomic mass is 16.5. The van der Waals surface area contributed by atoms with Crippen molar-refractivity contribution in [2.75, 3.05) is 7.11 Å². The molecule has 0 aliphatic carbocycles. The smallest absolute Gasteiger partial charge is 0.330 e. The van der Waals surface area contributed by atoms with Gasteiger partial charge in [-0.15, -0.1) is 0 Å². The average Bonchev–Trinajstić information content (AvgIpc) is 2.16. The third kappa shape index (κ3) is 2.94. The van der Waals surface area contributed by atoms with Crippen molar-refractivity contribution in [1.82, 2.24) is 0 Å². The summed E-state index contributed by atoms with van der Waals surface area (Å²) in [6.07, 6.45) is 5.59. The molecule has 1 aromatic rings. The molecule has 0 amide bonds. The predicted octanol–water partition coefficient (Wildman–Crippen LogP) is 0.506. The molecule has 0 aromatic carbocycles. The van der Waals surface area contributed by atoms with E-state index in [1.807, 2.05) is 0 Å². The Morgan fingerprint density at radius 1 is 1.54 bits per heavy atom. The molecule has 0 radical (unpaired) electrons. The third-order valence-corrected chi connectivity index (χ3v) is 1.44. The fourth-order valence-corrected chi connectivity index (χ4v) is 0.768. The van der Waals surface area contributed by atoms with Crippen molar-refractivity contribution < 1.29 is 14.3 Å². The number of ether oxygens (including phenoxy) is 1. The number of rotatable bonds is 2. The van der Waals surface area contributed by atoms with Gasteiger partial charge in [0.15, 0.2) is 12.4 Å². The number of aromatic nitrogens is 1. The van der Waals surface area contributed by atoms with Crippen LogP contribution in [0.15, 0.2) is 30.6 Å². The molecule has 4 heteroatoms. The van der Waals surface area contributed by atoms with Crippen LogP contribution in [0.2, 0.25) is 0 Å². The summed E-state index contributed by atoms with van der Waals surface area (Å²) in [6.45, 7) is 0. The molecule has 4 nitrogen and oxygen atoms in total. The second-order valence-electron chi connectivity index (χ2n) is 2.35. The maximum absolute atomic E-state index is 10.7. The maximum atomic E-state index is 10.7. The SMILES string of the molecule is COC(=O)/C=C/c1cc[n+]([O-])cc1. The van der Waals surface area contributed by atoms with Gasteiger partial charge < -0.3 is 9.94 Å². The molecule has 1 heterocycles. The van der Waals surface area contributed by atoms with Gasteiger partial charge in [-0.1, -0.05) is 0 Å². The first-order chi connectivity index (χ1) is 6.22. The summed E-state index contributed by atoms with van der Waals surface area (Å²) in [7, 11) is 1.31. The Labute approximate surface area is 75.7 Å². The van der Waals surface area contributed by atoms with Gasteiger partial charge in [-0.05, 0) is 11.6 Å². The van der Waals surface area contributed by atoms with Crippen LogP contribution in [0.25, 0.3) is 6.08 Å². The van der Waals surface area contributed by atoms with Crippen LogP contribution in [-0.2, 0) is 9.53 Å². The van der Waals surface area contributed by atoms with Gasteiger partial charge in [0.05, 0.1) is 7.11 Å². The summed E-state index contributed by atoms with van der Waals surface area (Å²) in [5.74, 6) is -0.418. The summed E-state index contributed by atoms with van der Waals surface area (Å²) in [4.78, 5) is 10.7. The van der Waals surface area contributed by atoms with Gasteiger partial charge in [0.1, 0.15) is 0 Å². The number of hydrogen-bond acceptors (Lipinski definition) is 3. The third-order valence-electron chi connectivity index (χ3n) is 1.44. The van der Waals surface area contributed by atoms with Gasteiger partial charge in [0.25, 0.3) is 0 Å². The molecule has 0 atom stereocenters. The Kier molecular flexibility index (Phi) is 3.03. The number of carbonyl (C=O) groups is 1. The van der Waals surface area contributed by atoms with Gasteiger partial charge in [-0.2, -0.15) is 4.73 Å². The van der Waals surface area contributed by atoms with E-state index in [0.717, 1.165) is 5.56 Å². The normalized spacial score (nSPS) is 10.2. The lowest BCUT2D eigenvalue weighted by atomic mass is 10.2. The van der Waals surface area contributed by atoms with Crippen LogP contribution >= 0.6 is 0 Å². The number of pyridine rings is 1. The molecule has 0 aliphatic heterocycles. The van der Waals surface area contributed by atoms with Crippen LogP contribution in [0.1, 0.15) is 5.56 Å². The van der Waals surface area contributed by atoms with Crippen molar-refractivity contribution in [3.63, 3.8) is 0 Å². The zero-order valence-electron chi connectivity index (χ0n) is 7.14. The van der Waals surface area contributed by atoms with Crippen LogP contribution < -0.4 is 4.73 Å². The van der Waals surface area contributed by atoms with Gasteiger partial charge in [0.2, 0.25) is 0 Å². The van der Waals surface area contributed by atoms with E-state index in [1.54, 1.807) is 18.2 Å². The Balaban J connectivity index is 2.69. The first kappa shape index (κ1) is 9.25. The van der Waals surface area contributed by atoms with E-state index in [-0.39, 0.29) is 0 Å². The number of nitrogens with zero attached hydrogens (tertiary/aromatic N) is 1. The summed E-state index contributed by atoms with van der Waals surface area (Å²) < 4.78 is 5.08. The number of carbonyl (C=O) groups excluding carboxylic acids is 1. The molecule has 68 valence electrons. The molecule has 0 N–H and O–H groups in total. The molecule has 0 fully saturated rings. The highest BCUT2D eigenvalue weighted by molar-refractivity contribution is 5.86. The fraction of sp³-hybridized carbons (Fsp3) is 0.111. The van der Waals surface area contributed by atoms with Crippen LogP contribution in [0.5, 0.6) is 0 Å². The van der Waals surface area contributed by atoms with E-state index in [9.17, 15) is 10.0 Å². The lowest BCUT2D eigenvalue weighted by molar-refractivity contribution is -0.605. The van der Waals surface area contributed by atoms with Crippen molar-refractivity contribution in [2.24, 2.45) is 0 Å². The quantitative estimate of drug-likeness (QED) is 0.287. The topological polar surface area (TPSA) is 53.2 Å². The Morgan fingerprint density at radius 3 is 2.69 bits per heavy atom. The first-order valence-corrected chi connectivity index (χ1v) is 3.67. The predicted molar refractivity (Wildman–Crippen MR) is 46.5 cm³/mol. The highest BCUT2D eigenvalue weighted by Crippen LogP contribution is 1.98. The van der Waals surface area contributed by atoms with E-state index >= 15 is 0 Å². The highest BCUT2D eigenvalue weighted by Gasteiger charge is 1.93. The van der Waals surface area contributed by atoms with Crippen LogP contribution in [0.4, 0.5) is 0 Å². The van der Waals surface area contributed by atoms with Crippen molar-refractivity contribution >= 4 is 12.0 Å². The molecule has 0 spiro atoms. The minimum atomic E-state index is -0.418. The van der Waals surface area contributed by atoms with Gasteiger partial charge >= 0.3 is 5.97 Å². The van der Waals surface area contributed by atoms with E-state index in [1.165, 1.54) is 25.6 Å². The fourth-order valence-electron chi connectivity index (χ4n) is 0.768. The number of hydrogen-bond donors (Lipinski definition) is 0. The van der Waals surface area contributed by atoms with E-state index in [4.69, 9.17) is 0 Å². The minimum Gasteiger partial charge on any atom is -0.619 e. The Bertz CT molecular complexity index is 316. The molecule has 1 aromatic heterocycles. The molecule has 0 unspecified atom stereocenters. The van der Waals surface area contributed by atoms with Gasteiger partial charge in [-0.3, -0.25) is 0 Å². The second kappa shape index (κ2) is 4.25. The molecular formula is C9H9NO3. The minimum absolute atomic E-state index is 0.418. The van der Waals surface area contributed by atoms with Crippen molar-refractivity contribution in [3.8, 4) is 0 Å². The summed E-state index contributed by atoms with van der Waals surface area (Å²) in [5.41, 5.74) is 0.775. The lowest BCUT2D eigenvalue weighted by Gasteiger charge is -1.94. The molecule has 1 rings (SSSR count). The van der Waals surface area contributed by atoms with Crippen molar-refractivity contribution in [3.05, 3.63) is 41.4 Å². The van der Waals surface area contributed by atoms with Crippen molar-refractivity contribution in [1.29, 1.82) is 0 Å².